The van der Waals surface area contributed by atoms with E-state index >= 15 is 0 Å². The van der Waals surface area contributed by atoms with Gasteiger partial charge < -0.3 is 13.7 Å². The van der Waals surface area contributed by atoms with Crippen LogP contribution in [0.4, 0.5) is 0 Å². The van der Waals surface area contributed by atoms with Gasteiger partial charge in [-0.15, -0.1) is 0 Å². The molecule has 0 aliphatic rings. The predicted octanol–water partition coefficient (Wildman–Crippen LogP) is 14.3. The fraction of sp³-hybridized carbons (Fsp3) is 0. The average Bonchev–Trinajstić information content (AvgIpc) is 3.92. The minimum atomic E-state index is 1.16. The van der Waals surface area contributed by atoms with Crippen LogP contribution in [0.15, 0.2) is 212 Å². The van der Waals surface area contributed by atoms with Crippen molar-refractivity contribution in [3.05, 3.63) is 212 Å². The summed E-state index contributed by atoms with van der Waals surface area (Å²) in [6, 6.07) is 77.4. The van der Waals surface area contributed by atoms with Crippen molar-refractivity contribution in [2.75, 3.05) is 0 Å². The summed E-state index contributed by atoms with van der Waals surface area (Å²) in [5.41, 5.74) is 15.5. The van der Waals surface area contributed by atoms with Gasteiger partial charge in [-0.1, -0.05) is 121 Å². The lowest BCUT2D eigenvalue weighted by Gasteiger charge is -2.10. The van der Waals surface area contributed by atoms with Gasteiger partial charge in [-0.2, -0.15) is 0 Å². The molecular weight excluding hydrogens is 691 g/mol. The molecule has 0 aliphatic heterocycles. The molecule has 0 aliphatic carbocycles. The Morgan fingerprint density at radius 1 is 0.211 bits per heavy atom. The van der Waals surface area contributed by atoms with Crippen molar-refractivity contribution in [1.82, 2.24) is 13.7 Å². The second-order valence-electron chi connectivity index (χ2n) is 14.9. The number of rotatable bonds is 5. The van der Waals surface area contributed by atoms with Gasteiger partial charge in [0.25, 0.3) is 0 Å². The van der Waals surface area contributed by atoms with E-state index in [2.05, 4.69) is 226 Å². The van der Waals surface area contributed by atoms with E-state index in [1.54, 1.807) is 0 Å². The van der Waals surface area contributed by atoms with Gasteiger partial charge in [0.05, 0.1) is 33.1 Å². The molecule has 12 aromatic rings. The van der Waals surface area contributed by atoms with Crippen molar-refractivity contribution in [3.8, 4) is 39.3 Å². The molecule has 0 fully saturated rings. The minimum absolute atomic E-state index is 1.16. The zero-order valence-corrected chi connectivity index (χ0v) is 31.0. The number of para-hydroxylation sites is 5. The Kier molecular flexibility index (Phi) is 6.93. The number of nitrogens with zero attached hydrogens (tertiary/aromatic N) is 3. The van der Waals surface area contributed by atoms with Crippen molar-refractivity contribution in [3.63, 3.8) is 0 Å². The molecule has 9 aromatic carbocycles. The quantitative estimate of drug-likeness (QED) is 0.168. The van der Waals surface area contributed by atoms with E-state index in [4.69, 9.17) is 0 Å². The summed E-state index contributed by atoms with van der Waals surface area (Å²) >= 11 is 0. The van der Waals surface area contributed by atoms with Crippen LogP contribution in [0.5, 0.6) is 0 Å². The highest BCUT2D eigenvalue weighted by atomic mass is 15.0. The maximum Gasteiger partial charge on any atom is 0.0548 e. The molecule has 0 saturated carbocycles. The highest BCUT2D eigenvalue weighted by Crippen LogP contribution is 2.44. The maximum absolute atomic E-state index is 2.43. The van der Waals surface area contributed by atoms with E-state index in [-0.39, 0.29) is 0 Å². The van der Waals surface area contributed by atoms with Crippen molar-refractivity contribution in [2.24, 2.45) is 0 Å². The van der Waals surface area contributed by atoms with Crippen LogP contribution in [0.3, 0.4) is 0 Å². The summed E-state index contributed by atoms with van der Waals surface area (Å²) in [6.07, 6.45) is 0. The van der Waals surface area contributed by atoms with Crippen molar-refractivity contribution in [2.45, 2.75) is 0 Å². The molecule has 57 heavy (non-hydrogen) atoms. The first-order chi connectivity index (χ1) is 28.3. The Morgan fingerprint density at radius 3 is 1.14 bits per heavy atom. The molecule has 0 N–H and O–H groups in total. The van der Waals surface area contributed by atoms with Crippen molar-refractivity contribution in [1.29, 1.82) is 0 Å². The standard InChI is InChI=1S/C54H35N3/c1-4-17-40(18-5-1)55-47-25-12-10-23-43(47)45-34-38(27-29-49(45)55)36-15-14-16-37(33-36)39-28-30-50-46(35-39)54-52(57(50)42-21-8-3-9-22-42)32-31-51-53(54)44-24-11-13-26-48(44)56(51)41-19-6-2-7-20-41/h1-35H. The van der Waals surface area contributed by atoms with Crippen molar-refractivity contribution >= 4 is 65.4 Å². The molecule has 266 valence electrons. The number of hydrogen-bond acceptors (Lipinski definition) is 0. The number of aromatic nitrogens is 3. The smallest absolute Gasteiger partial charge is 0.0548 e. The van der Waals surface area contributed by atoms with E-state index in [9.17, 15) is 0 Å². The molecule has 0 unspecified atom stereocenters. The fourth-order valence-corrected chi connectivity index (χ4v) is 9.35. The largest absolute Gasteiger partial charge is 0.309 e. The van der Waals surface area contributed by atoms with Crippen LogP contribution in [0.25, 0.3) is 105 Å². The normalized spacial score (nSPS) is 11.9. The molecule has 0 saturated heterocycles. The Labute approximate surface area is 329 Å². The van der Waals surface area contributed by atoms with Gasteiger partial charge in [0.15, 0.2) is 0 Å². The van der Waals surface area contributed by atoms with E-state index in [0.717, 1.165) is 11.4 Å². The Hall–Kier alpha value is -7.62. The minimum Gasteiger partial charge on any atom is -0.309 e. The third-order valence-corrected chi connectivity index (χ3v) is 11.8. The number of benzene rings is 9. The molecule has 12 rings (SSSR count). The molecule has 0 bridgehead atoms. The highest BCUT2D eigenvalue weighted by Gasteiger charge is 2.21. The zero-order chi connectivity index (χ0) is 37.5. The van der Waals surface area contributed by atoms with Gasteiger partial charge >= 0.3 is 0 Å². The topological polar surface area (TPSA) is 14.8 Å². The first kappa shape index (κ1) is 31.7. The summed E-state index contributed by atoms with van der Waals surface area (Å²) in [5.74, 6) is 0. The molecule has 3 heterocycles. The van der Waals surface area contributed by atoms with Crippen LogP contribution in [0.2, 0.25) is 0 Å². The second-order valence-corrected chi connectivity index (χ2v) is 14.9. The van der Waals surface area contributed by atoms with Gasteiger partial charge in [0.1, 0.15) is 0 Å². The molecule has 0 amide bonds. The van der Waals surface area contributed by atoms with Crippen LogP contribution in [-0.2, 0) is 0 Å². The van der Waals surface area contributed by atoms with Crippen LogP contribution < -0.4 is 0 Å². The molecule has 3 heteroatoms. The van der Waals surface area contributed by atoms with E-state index in [0.29, 0.717) is 0 Å². The second kappa shape index (κ2) is 12.5. The van der Waals surface area contributed by atoms with E-state index in [1.807, 2.05) is 0 Å². The maximum atomic E-state index is 2.43. The lowest BCUT2D eigenvalue weighted by atomic mass is 9.96. The van der Waals surface area contributed by atoms with Gasteiger partial charge in [0, 0.05) is 49.4 Å². The lowest BCUT2D eigenvalue weighted by Crippen LogP contribution is -1.94. The molecule has 3 aromatic heterocycles. The molecular formula is C54H35N3. The number of fused-ring (bicyclic) bond motifs is 10. The number of hydrogen-bond donors (Lipinski definition) is 0. The zero-order valence-electron chi connectivity index (χ0n) is 31.0. The third kappa shape index (κ3) is 4.79. The summed E-state index contributed by atoms with van der Waals surface area (Å²) in [4.78, 5) is 0. The third-order valence-electron chi connectivity index (χ3n) is 11.8. The molecule has 0 atom stereocenters. The van der Waals surface area contributed by atoms with Gasteiger partial charge in [-0.25, -0.2) is 0 Å². The SMILES string of the molecule is c1ccc(-n2c3ccccc3c3cc(-c4cccc(-c5ccc6c(c5)c5c7c8ccccc8n(-c8ccccc8)c7ccc5n6-c5ccccc5)c4)ccc32)cc1. The van der Waals surface area contributed by atoms with Gasteiger partial charge in [-0.05, 0) is 113 Å². The molecule has 3 nitrogen and oxygen atoms in total. The summed E-state index contributed by atoms with van der Waals surface area (Å²) < 4.78 is 7.22. The van der Waals surface area contributed by atoms with Gasteiger partial charge in [0.2, 0.25) is 0 Å². The fourth-order valence-electron chi connectivity index (χ4n) is 9.35. The van der Waals surface area contributed by atoms with Crippen LogP contribution >= 0.6 is 0 Å². The lowest BCUT2D eigenvalue weighted by molar-refractivity contribution is 1.17. The van der Waals surface area contributed by atoms with E-state index < -0.39 is 0 Å². The predicted molar refractivity (Wildman–Crippen MR) is 240 cm³/mol. The first-order valence-corrected chi connectivity index (χ1v) is 19.6. The van der Waals surface area contributed by atoms with E-state index in [1.165, 1.54) is 93.4 Å². The molecule has 0 radical (unpaired) electrons. The highest BCUT2D eigenvalue weighted by molar-refractivity contribution is 6.29. The molecule has 0 spiro atoms. The van der Waals surface area contributed by atoms with Crippen LogP contribution in [0.1, 0.15) is 0 Å². The van der Waals surface area contributed by atoms with Crippen molar-refractivity contribution < 1.29 is 0 Å². The summed E-state index contributed by atoms with van der Waals surface area (Å²) in [7, 11) is 0. The average molecular weight is 726 g/mol. The van der Waals surface area contributed by atoms with Gasteiger partial charge in [-0.3, -0.25) is 0 Å². The Bertz CT molecular complexity index is 3500. The first-order valence-electron chi connectivity index (χ1n) is 19.6. The van der Waals surface area contributed by atoms with Crippen LogP contribution in [-0.4, -0.2) is 13.7 Å². The monoisotopic (exact) mass is 725 g/mol. The summed E-state index contributed by atoms with van der Waals surface area (Å²) in [5, 5.41) is 7.57. The van der Waals surface area contributed by atoms with Crippen LogP contribution in [0, 0.1) is 0 Å². The Morgan fingerprint density at radius 2 is 0.579 bits per heavy atom. The Balaban J connectivity index is 1.07. The summed E-state index contributed by atoms with van der Waals surface area (Å²) in [6.45, 7) is 0.